The van der Waals surface area contributed by atoms with E-state index >= 15 is 0 Å². The van der Waals surface area contributed by atoms with E-state index < -0.39 is 48.5 Å². The molecule has 0 bridgehead atoms. The Morgan fingerprint density at radius 1 is 1.32 bits per heavy atom. The lowest BCUT2D eigenvalue weighted by Gasteiger charge is -2.16. The summed E-state index contributed by atoms with van der Waals surface area (Å²) in [4.78, 5) is 10.4. The summed E-state index contributed by atoms with van der Waals surface area (Å²) in [7, 11) is 0. The van der Waals surface area contributed by atoms with Gasteiger partial charge in [-0.2, -0.15) is 0 Å². The van der Waals surface area contributed by atoms with Crippen LogP contribution in [0, 0.1) is 0 Å². The molecule has 0 saturated heterocycles. The third kappa shape index (κ3) is 4.72. The van der Waals surface area contributed by atoms with Crippen molar-refractivity contribution in [2.24, 2.45) is 0 Å². The van der Waals surface area contributed by atoms with Crippen molar-refractivity contribution < 1.29 is 36.6 Å². The van der Waals surface area contributed by atoms with Gasteiger partial charge < -0.3 is 9.84 Å². The molecule has 0 radical (unpaired) electrons. The van der Waals surface area contributed by atoms with Crippen molar-refractivity contribution in [3.05, 3.63) is 29.3 Å². The van der Waals surface area contributed by atoms with Crippen molar-refractivity contribution in [3.63, 3.8) is 0 Å². The molecule has 19 heavy (non-hydrogen) atoms. The van der Waals surface area contributed by atoms with Crippen molar-refractivity contribution in [3.8, 4) is 5.75 Å². The third-order valence-corrected chi connectivity index (χ3v) is 2.22. The largest absolute Gasteiger partial charge is 0.573 e. The Bertz CT molecular complexity index is 456. The number of ether oxygens (including phenoxy) is 1. The molecular weight excluding hydrogens is 275 g/mol. The monoisotopic (exact) mass is 284 g/mol. The van der Waals surface area contributed by atoms with Crippen LogP contribution < -0.4 is 4.74 Å². The van der Waals surface area contributed by atoms with Gasteiger partial charge in [-0.25, -0.2) is 8.78 Å². The van der Waals surface area contributed by atoms with Gasteiger partial charge in [0, 0.05) is 17.5 Å². The molecule has 0 aliphatic rings. The number of alkyl halides is 5. The standard InChI is InChI=1S/C11H9F5O3/c12-10(13)7-2-1-3-8(19-11(14,15)16)6(7)4-5-9(17)18/h1-3,10H,4-5H2,(H,17,18). The van der Waals surface area contributed by atoms with Gasteiger partial charge in [-0.3, -0.25) is 4.79 Å². The first-order valence-corrected chi connectivity index (χ1v) is 5.08. The summed E-state index contributed by atoms with van der Waals surface area (Å²) in [6, 6.07) is 2.80. The van der Waals surface area contributed by atoms with Crippen molar-refractivity contribution in [1.82, 2.24) is 0 Å². The van der Waals surface area contributed by atoms with Crippen LogP contribution >= 0.6 is 0 Å². The molecule has 0 amide bonds. The number of rotatable bonds is 5. The average molecular weight is 284 g/mol. The first-order valence-electron chi connectivity index (χ1n) is 5.08. The van der Waals surface area contributed by atoms with Gasteiger partial charge >= 0.3 is 12.3 Å². The predicted octanol–water partition coefficient (Wildman–Crippen LogP) is 3.54. The zero-order valence-electron chi connectivity index (χ0n) is 9.38. The molecule has 0 fully saturated rings. The number of carbonyl (C=O) groups is 1. The van der Waals surface area contributed by atoms with Crippen LogP contribution in [0.1, 0.15) is 24.0 Å². The van der Waals surface area contributed by atoms with Crippen molar-refractivity contribution in [2.45, 2.75) is 25.6 Å². The fourth-order valence-electron chi connectivity index (χ4n) is 1.51. The van der Waals surface area contributed by atoms with E-state index in [0.717, 1.165) is 18.2 Å². The van der Waals surface area contributed by atoms with Gasteiger partial charge in [-0.1, -0.05) is 12.1 Å². The summed E-state index contributed by atoms with van der Waals surface area (Å²) < 4.78 is 65.4. The average Bonchev–Trinajstić information content (AvgIpc) is 2.24. The summed E-state index contributed by atoms with van der Waals surface area (Å²) in [5.74, 6) is -2.10. The Labute approximate surface area is 104 Å². The van der Waals surface area contributed by atoms with E-state index in [1.54, 1.807) is 0 Å². The van der Waals surface area contributed by atoms with Crippen LogP contribution in [0.5, 0.6) is 5.75 Å². The number of halogens is 5. The number of carboxylic acid groups (broad SMARTS) is 1. The molecule has 8 heteroatoms. The van der Waals surface area contributed by atoms with Crippen LogP contribution in [0.15, 0.2) is 18.2 Å². The molecule has 3 nitrogen and oxygen atoms in total. The minimum absolute atomic E-state index is 0.447. The highest BCUT2D eigenvalue weighted by Crippen LogP contribution is 2.33. The second-order valence-corrected chi connectivity index (χ2v) is 3.57. The van der Waals surface area contributed by atoms with Crippen LogP contribution in [-0.2, 0) is 11.2 Å². The molecule has 0 unspecified atom stereocenters. The molecule has 0 saturated carbocycles. The van der Waals surface area contributed by atoms with Crippen LogP contribution in [0.25, 0.3) is 0 Å². The van der Waals surface area contributed by atoms with E-state index in [0.29, 0.717) is 0 Å². The fourth-order valence-corrected chi connectivity index (χ4v) is 1.51. The number of aliphatic carboxylic acids is 1. The lowest BCUT2D eigenvalue weighted by atomic mass is 10.0. The van der Waals surface area contributed by atoms with E-state index in [-0.39, 0.29) is 0 Å². The Morgan fingerprint density at radius 2 is 1.95 bits per heavy atom. The summed E-state index contributed by atoms with van der Waals surface area (Å²) in [6.07, 6.45) is -9.08. The predicted molar refractivity (Wildman–Crippen MR) is 54.0 cm³/mol. The maximum Gasteiger partial charge on any atom is 0.573 e. The molecule has 1 aromatic carbocycles. The van der Waals surface area contributed by atoms with Crippen LogP contribution in [0.2, 0.25) is 0 Å². The molecule has 1 N–H and O–H groups in total. The number of benzene rings is 1. The summed E-state index contributed by atoms with van der Waals surface area (Å²) >= 11 is 0. The highest BCUT2D eigenvalue weighted by Gasteiger charge is 2.33. The van der Waals surface area contributed by atoms with Crippen LogP contribution in [0.3, 0.4) is 0 Å². The van der Waals surface area contributed by atoms with Crippen molar-refractivity contribution in [2.75, 3.05) is 0 Å². The topological polar surface area (TPSA) is 46.5 Å². The first kappa shape index (κ1) is 15.2. The van der Waals surface area contributed by atoms with Crippen LogP contribution in [0.4, 0.5) is 22.0 Å². The highest BCUT2D eigenvalue weighted by atomic mass is 19.4. The molecule has 1 rings (SSSR count). The number of hydrogen-bond donors (Lipinski definition) is 1. The Morgan fingerprint density at radius 3 is 2.42 bits per heavy atom. The van der Waals surface area contributed by atoms with Crippen LogP contribution in [-0.4, -0.2) is 17.4 Å². The Kier molecular flexibility index (Phi) is 4.68. The molecule has 0 heterocycles. The smallest absolute Gasteiger partial charge is 0.481 e. The van der Waals surface area contributed by atoms with E-state index in [9.17, 15) is 26.7 Å². The zero-order valence-corrected chi connectivity index (χ0v) is 9.38. The number of hydrogen-bond acceptors (Lipinski definition) is 2. The van der Waals surface area contributed by atoms with Gasteiger partial charge in [0.25, 0.3) is 6.43 Å². The molecule has 0 aliphatic carbocycles. The van der Waals surface area contributed by atoms with E-state index in [1.165, 1.54) is 0 Å². The Balaban J connectivity index is 3.14. The van der Waals surface area contributed by atoms with Gasteiger partial charge in [0.15, 0.2) is 0 Å². The second-order valence-electron chi connectivity index (χ2n) is 3.57. The molecule has 0 spiro atoms. The summed E-state index contributed by atoms with van der Waals surface area (Å²) in [6.45, 7) is 0. The van der Waals surface area contributed by atoms with E-state index in [1.807, 2.05) is 0 Å². The molecule has 106 valence electrons. The van der Waals surface area contributed by atoms with Gasteiger partial charge in [-0.05, 0) is 12.5 Å². The molecule has 0 aromatic heterocycles. The van der Waals surface area contributed by atoms with Gasteiger partial charge in [-0.15, -0.1) is 13.2 Å². The van der Waals surface area contributed by atoms with Crippen molar-refractivity contribution >= 4 is 5.97 Å². The van der Waals surface area contributed by atoms with E-state index in [2.05, 4.69) is 4.74 Å². The molecule has 1 aromatic rings. The van der Waals surface area contributed by atoms with Crippen molar-refractivity contribution in [1.29, 1.82) is 0 Å². The first-order chi connectivity index (χ1) is 8.70. The minimum Gasteiger partial charge on any atom is -0.481 e. The maximum atomic E-state index is 12.7. The zero-order chi connectivity index (χ0) is 14.6. The van der Waals surface area contributed by atoms with Gasteiger partial charge in [0.05, 0.1) is 0 Å². The van der Waals surface area contributed by atoms with Gasteiger partial charge in [0.2, 0.25) is 0 Å². The summed E-state index contributed by atoms with van der Waals surface area (Å²) in [5, 5.41) is 8.48. The quantitative estimate of drug-likeness (QED) is 0.841. The number of carboxylic acids is 1. The second kappa shape index (κ2) is 5.85. The normalized spacial score (nSPS) is 11.7. The fraction of sp³-hybridized carbons (Fsp3) is 0.364. The third-order valence-electron chi connectivity index (χ3n) is 2.22. The minimum atomic E-state index is -5.03. The molecule has 0 aliphatic heterocycles. The lowest BCUT2D eigenvalue weighted by molar-refractivity contribution is -0.274. The highest BCUT2D eigenvalue weighted by molar-refractivity contribution is 5.67. The SMILES string of the molecule is O=C(O)CCc1c(OC(F)(F)F)cccc1C(F)F. The molecule has 0 atom stereocenters. The summed E-state index contributed by atoms with van der Waals surface area (Å²) in [5.41, 5.74) is -1.11. The van der Waals surface area contributed by atoms with Gasteiger partial charge in [0.1, 0.15) is 5.75 Å². The van der Waals surface area contributed by atoms with E-state index in [4.69, 9.17) is 5.11 Å². The molecular formula is C11H9F5O3. The Hall–Kier alpha value is -1.86. The maximum absolute atomic E-state index is 12.7. The lowest BCUT2D eigenvalue weighted by Crippen LogP contribution is -2.19.